The molecule has 1 fully saturated rings. The van der Waals surface area contributed by atoms with Crippen molar-refractivity contribution in [2.75, 3.05) is 6.54 Å². The zero-order chi connectivity index (χ0) is 14.2. The summed E-state index contributed by atoms with van der Waals surface area (Å²) < 4.78 is 0.671. The van der Waals surface area contributed by atoms with Gasteiger partial charge in [0, 0.05) is 19.2 Å². The first-order chi connectivity index (χ1) is 8.79. The Hall–Kier alpha value is -1.23. The van der Waals surface area contributed by atoms with Crippen LogP contribution in [0.5, 0.6) is 0 Å². The van der Waals surface area contributed by atoms with Crippen LogP contribution in [0.2, 0.25) is 0 Å². The Labute approximate surface area is 121 Å². The van der Waals surface area contributed by atoms with Crippen molar-refractivity contribution in [3.05, 3.63) is 28.5 Å². The lowest BCUT2D eigenvalue weighted by Crippen LogP contribution is -2.33. The minimum atomic E-state index is -0.253. The van der Waals surface area contributed by atoms with Crippen molar-refractivity contribution in [2.45, 2.75) is 27.2 Å². The van der Waals surface area contributed by atoms with Crippen LogP contribution in [0.15, 0.2) is 22.9 Å². The molecule has 1 atom stereocenters. The fourth-order valence-corrected chi connectivity index (χ4v) is 2.38. The van der Waals surface area contributed by atoms with Crippen molar-refractivity contribution in [1.82, 2.24) is 9.88 Å². The quantitative estimate of drug-likeness (QED) is 0.589. The van der Waals surface area contributed by atoms with Crippen LogP contribution < -0.4 is 0 Å². The second-order valence-electron chi connectivity index (χ2n) is 5.95. The Balaban J connectivity index is 2.17. The van der Waals surface area contributed by atoms with Crippen molar-refractivity contribution >= 4 is 27.7 Å². The SMILES string of the molecule is CC(C)(C)C1CC(=O)N(C(=O)c2ccc(Br)nc2)C1. The second kappa shape index (κ2) is 5.04. The number of pyridine rings is 1. The number of imide groups is 1. The molecule has 0 N–H and O–H groups in total. The molecule has 0 aliphatic carbocycles. The fourth-order valence-electron chi connectivity index (χ4n) is 2.14. The van der Waals surface area contributed by atoms with E-state index in [4.69, 9.17) is 0 Å². The molecule has 0 spiro atoms. The molecule has 102 valence electrons. The highest BCUT2D eigenvalue weighted by molar-refractivity contribution is 9.10. The maximum absolute atomic E-state index is 12.3. The first-order valence-electron chi connectivity index (χ1n) is 6.25. The number of amides is 2. The van der Waals surface area contributed by atoms with Crippen LogP contribution in [0.3, 0.4) is 0 Å². The molecule has 19 heavy (non-hydrogen) atoms. The van der Waals surface area contributed by atoms with Gasteiger partial charge in [-0.05, 0) is 39.4 Å². The van der Waals surface area contributed by atoms with Crippen LogP contribution in [0.4, 0.5) is 0 Å². The molecule has 1 aromatic heterocycles. The number of likely N-dealkylation sites (tertiary alicyclic amines) is 1. The van der Waals surface area contributed by atoms with Crippen molar-refractivity contribution < 1.29 is 9.59 Å². The molecule has 0 bridgehead atoms. The molecule has 0 saturated carbocycles. The van der Waals surface area contributed by atoms with E-state index in [2.05, 4.69) is 41.7 Å². The molecule has 0 radical (unpaired) electrons. The minimum Gasteiger partial charge on any atom is -0.278 e. The van der Waals surface area contributed by atoms with Gasteiger partial charge in [-0.2, -0.15) is 0 Å². The van der Waals surface area contributed by atoms with Crippen LogP contribution in [0, 0.1) is 11.3 Å². The van der Waals surface area contributed by atoms with Gasteiger partial charge in [-0.15, -0.1) is 0 Å². The summed E-state index contributed by atoms with van der Waals surface area (Å²) in [7, 11) is 0. The Morgan fingerprint density at radius 3 is 2.58 bits per heavy atom. The number of aromatic nitrogens is 1. The summed E-state index contributed by atoms with van der Waals surface area (Å²) in [5, 5.41) is 0. The van der Waals surface area contributed by atoms with Gasteiger partial charge in [-0.3, -0.25) is 14.5 Å². The number of nitrogens with zero attached hydrogens (tertiary/aromatic N) is 2. The van der Waals surface area contributed by atoms with Crippen LogP contribution in [-0.2, 0) is 4.79 Å². The summed E-state index contributed by atoms with van der Waals surface area (Å²) in [6, 6.07) is 3.38. The maximum atomic E-state index is 12.3. The number of carbonyl (C=O) groups excluding carboxylic acids is 2. The second-order valence-corrected chi connectivity index (χ2v) is 6.76. The van der Waals surface area contributed by atoms with Crippen molar-refractivity contribution in [3.8, 4) is 0 Å². The number of rotatable bonds is 1. The predicted molar refractivity (Wildman–Crippen MR) is 75.5 cm³/mol. The molecule has 4 nitrogen and oxygen atoms in total. The molecule has 1 aliphatic heterocycles. The monoisotopic (exact) mass is 324 g/mol. The number of carbonyl (C=O) groups is 2. The third-order valence-corrected chi connectivity index (χ3v) is 4.04. The Bertz CT molecular complexity index is 505. The molecule has 1 unspecified atom stereocenters. The lowest BCUT2D eigenvalue weighted by molar-refractivity contribution is -0.125. The zero-order valence-corrected chi connectivity index (χ0v) is 12.9. The molecule has 1 aromatic rings. The van der Waals surface area contributed by atoms with Gasteiger partial charge in [0.25, 0.3) is 5.91 Å². The lowest BCUT2D eigenvalue weighted by Gasteiger charge is -2.26. The average molecular weight is 325 g/mol. The zero-order valence-electron chi connectivity index (χ0n) is 11.3. The smallest absolute Gasteiger partial charge is 0.262 e. The summed E-state index contributed by atoms with van der Waals surface area (Å²) in [4.78, 5) is 29.6. The molecule has 2 heterocycles. The maximum Gasteiger partial charge on any atom is 0.262 e. The van der Waals surface area contributed by atoms with E-state index in [1.54, 1.807) is 12.1 Å². The summed E-state index contributed by atoms with van der Waals surface area (Å²) in [5.41, 5.74) is 0.481. The Morgan fingerprint density at radius 2 is 2.11 bits per heavy atom. The van der Waals surface area contributed by atoms with Gasteiger partial charge in [-0.1, -0.05) is 20.8 Å². The van der Waals surface area contributed by atoms with E-state index in [-0.39, 0.29) is 23.1 Å². The summed E-state index contributed by atoms with van der Waals surface area (Å²) in [5.74, 6) is -0.128. The number of hydrogen-bond acceptors (Lipinski definition) is 3. The van der Waals surface area contributed by atoms with E-state index in [9.17, 15) is 9.59 Å². The van der Waals surface area contributed by atoms with Gasteiger partial charge in [0.05, 0.1) is 5.56 Å². The first-order valence-corrected chi connectivity index (χ1v) is 7.04. The van der Waals surface area contributed by atoms with Gasteiger partial charge < -0.3 is 0 Å². The summed E-state index contributed by atoms with van der Waals surface area (Å²) in [6.07, 6.45) is 1.93. The Morgan fingerprint density at radius 1 is 1.42 bits per heavy atom. The lowest BCUT2D eigenvalue weighted by atomic mass is 9.80. The molecular weight excluding hydrogens is 308 g/mol. The summed E-state index contributed by atoms with van der Waals surface area (Å²) >= 11 is 3.22. The van der Waals surface area contributed by atoms with Crippen molar-refractivity contribution in [2.24, 2.45) is 11.3 Å². The highest BCUT2D eigenvalue weighted by Gasteiger charge is 2.39. The van der Waals surface area contributed by atoms with Crippen LogP contribution in [0.25, 0.3) is 0 Å². The largest absolute Gasteiger partial charge is 0.278 e. The van der Waals surface area contributed by atoms with Gasteiger partial charge >= 0.3 is 0 Å². The molecular formula is C14H17BrN2O2. The van der Waals surface area contributed by atoms with E-state index in [1.165, 1.54) is 11.1 Å². The summed E-state index contributed by atoms with van der Waals surface area (Å²) in [6.45, 7) is 6.79. The molecule has 2 amide bonds. The third kappa shape index (κ3) is 3.03. The normalized spacial score (nSPS) is 19.9. The van der Waals surface area contributed by atoms with Gasteiger partial charge in [0.2, 0.25) is 5.91 Å². The highest BCUT2D eigenvalue weighted by Crippen LogP contribution is 2.34. The van der Waals surface area contributed by atoms with Crippen molar-refractivity contribution in [1.29, 1.82) is 0 Å². The molecule has 1 aliphatic rings. The van der Waals surface area contributed by atoms with E-state index in [0.717, 1.165) is 0 Å². The third-order valence-electron chi connectivity index (χ3n) is 3.57. The van der Waals surface area contributed by atoms with Gasteiger partial charge in [0.1, 0.15) is 4.60 Å². The van der Waals surface area contributed by atoms with Crippen molar-refractivity contribution in [3.63, 3.8) is 0 Å². The number of halogens is 1. The number of hydrogen-bond donors (Lipinski definition) is 0. The van der Waals surface area contributed by atoms with E-state index in [0.29, 0.717) is 23.1 Å². The molecule has 0 aromatic carbocycles. The van der Waals surface area contributed by atoms with E-state index in [1.807, 2.05) is 0 Å². The van der Waals surface area contributed by atoms with E-state index < -0.39 is 0 Å². The molecule has 1 saturated heterocycles. The molecule has 2 rings (SSSR count). The van der Waals surface area contributed by atoms with Gasteiger partial charge in [-0.25, -0.2) is 4.98 Å². The highest BCUT2D eigenvalue weighted by atomic mass is 79.9. The first kappa shape index (κ1) is 14.2. The molecule has 5 heteroatoms. The minimum absolute atomic E-state index is 0.0304. The van der Waals surface area contributed by atoms with Crippen LogP contribution >= 0.6 is 15.9 Å². The van der Waals surface area contributed by atoms with Gasteiger partial charge in [0.15, 0.2) is 0 Å². The average Bonchev–Trinajstić information content (AvgIpc) is 2.71. The predicted octanol–water partition coefficient (Wildman–Crippen LogP) is 2.88. The topological polar surface area (TPSA) is 50.3 Å². The standard InChI is InChI=1S/C14H17BrN2O2/c1-14(2,3)10-6-12(18)17(8-10)13(19)9-4-5-11(15)16-7-9/h4-5,7,10H,6,8H2,1-3H3. The Kier molecular flexibility index (Phi) is 3.76. The van der Waals surface area contributed by atoms with Crippen LogP contribution in [0.1, 0.15) is 37.6 Å². The van der Waals surface area contributed by atoms with Crippen LogP contribution in [-0.4, -0.2) is 28.2 Å². The fraction of sp³-hybridized carbons (Fsp3) is 0.500. The van der Waals surface area contributed by atoms with E-state index >= 15 is 0 Å².